The third-order valence-corrected chi connectivity index (χ3v) is 6.13. The Bertz CT molecular complexity index is 852. The van der Waals surface area contributed by atoms with Crippen molar-refractivity contribution < 1.29 is 9.53 Å². The molecule has 2 aliphatic rings. The van der Waals surface area contributed by atoms with Crippen molar-refractivity contribution in [2.45, 2.75) is 44.3 Å². The van der Waals surface area contributed by atoms with E-state index in [9.17, 15) is 4.79 Å². The summed E-state index contributed by atoms with van der Waals surface area (Å²) in [6, 6.07) is 15.4. The molecule has 0 radical (unpaired) electrons. The van der Waals surface area contributed by atoms with Crippen molar-refractivity contribution in [3.05, 3.63) is 59.2 Å². The summed E-state index contributed by atoms with van der Waals surface area (Å²) >= 11 is 0. The van der Waals surface area contributed by atoms with E-state index in [0.29, 0.717) is 12.1 Å². The van der Waals surface area contributed by atoms with Gasteiger partial charge in [-0.2, -0.15) is 0 Å². The number of hydrogen-bond acceptors (Lipinski definition) is 4. The molecule has 5 heteroatoms. The van der Waals surface area contributed by atoms with Gasteiger partial charge in [0, 0.05) is 37.3 Å². The molecular formula is C23H29N3O2. The molecule has 2 aromatic carbocycles. The number of methoxy groups -OCH3 is 1. The Hall–Kier alpha value is -2.37. The molecule has 2 unspecified atom stereocenters. The quantitative estimate of drug-likeness (QED) is 0.836. The summed E-state index contributed by atoms with van der Waals surface area (Å²) in [7, 11) is 3.53. The van der Waals surface area contributed by atoms with Gasteiger partial charge in [0.2, 0.25) is 5.91 Å². The maximum atomic E-state index is 12.3. The summed E-state index contributed by atoms with van der Waals surface area (Å²) in [5, 5.41) is 7.41. The van der Waals surface area contributed by atoms with Gasteiger partial charge >= 0.3 is 0 Å². The lowest BCUT2D eigenvalue weighted by Crippen LogP contribution is -2.45. The lowest BCUT2D eigenvalue weighted by Gasteiger charge is -2.34. The zero-order valence-electron chi connectivity index (χ0n) is 16.9. The molecule has 148 valence electrons. The average molecular weight is 380 g/mol. The molecule has 1 saturated heterocycles. The first-order chi connectivity index (χ1) is 13.6. The summed E-state index contributed by atoms with van der Waals surface area (Å²) in [6.07, 6.45) is 2.30. The molecule has 2 heterocycles. The van der Waals surface area contributed by atoms with Crippen LogP contribution in [0.3, 0.4) is 0 Å². The number of nitrogens with one attached hydrogen (secondary N) is 2. The van der Waals surface area contributed by atoms with Crippen LogP contribution in [0.15, 0.2) is 42.5 Å². The minimum atomic E-state index is -0.0990. The summed E-state index contributed by atoms with van der Waals surface area (Å²) in [5.74, 6) is 0.876. The Kier molecular flexibility index (Phi) is 5.38. The number of ether oxygens (including phenoxy) is 1. The lowest BCUT2D eigenvalue weighted by atomic mass is 9.92. The van der Waals surface area contributed by atoms with Crippen LogP contribution in [0.2, 0.25) is 0 Å². The highest BCUT2D eigenvalue weighted by atomic mass is 16.5. The second-order valence-corrected chi connectivity index (χ2v) is 7.81. The van der Waals surface area contributed by atoms with E-state index in [-0.39, 0.29) is 11.8 Å². The van der Waals surface area contributed by atoms with E-state index in [0.717, 1.165) is 42.1 Å². The van der Waals surface area contributed by atoms with Gasteiger partial charge in [0.25, 0.3) is 0 Å². The molecule has 28 heavy (non-hydrogen) atoms. The largest absolute Gasteiger partial charge is 0.496 e. The Morgan fingerprint density at radius 3 is 2.79 bits per heavy atom. The average Bonchev–Trinajstić information content (AvgIpc) is 2.96. The molecule has 2 aliphatic heterocycles. The van der Waals surface area contributed by atoms with Crippen molar-refractivity contribution in [3.63, 3.8) is 0 Å². The number of anilines is 1. The zero-order valence-corrected chi connectivity index (χ0v) is 16.9. The van der Waals surface area contributed by atoms with Crippen LogP contribution < -0.4 is 20.3 Å². The first-order valence-electron chi connectivity index (χ1n) is 10.1. The van der Waals surface area contributed by atoms with Gasteiger partial charge in [-0.3, -0.25) is 4.79 Å². The number of amides is 1. The molecular weight excluding hydrogens is 350 g/mol. The summed E-state index contributed by atoms with van der Waals surface area (Å²) < 4.78 is 5.65. The van der Waals surface area contributed by atoms with Crippen LogP contribution in [0.25, 0.3) is 0 Å². The van der Waals surface area contributed by atoms with Gasteiger partial charge in [-0.05, 0) is 43.5 Å². The maximum Gasteiger partial charge on any atom is 0.234 e. The van der Waals surface area contributed by atoms with Crippen LogP contribution in [0.5, 0.6) is 5.75 Å². The first-order valence-corrected chi connectivity index (χ1v) is 10.1. The van der Waals surface area contributed by atoms with Gasteiger partial charge in [0.05, 0.1) is 18.7 Å². The summed E-state index contributed by atoms with van der Waals surface area (Å²) in [4.78, 5) is 14.1. The Morgan fingerprint density at radius 1 is 1.25 bits per heavy atom. The maximum absolute atomic E-state index is 12.3. The number of rotatable bonds is 5. The van der Waals surface area contributed by atoms with Gasteiger partial charge < -0.3 is 20.3 Å². The predicted octanol–water partition coefficient (Wildman–Crippen LogP) is 3.36. The number of hydrogen-bond donors (Lipinski definition) is 2. The number of benzene rings is 2. The lowest BCUT2D eigenvalue weighted by molar-refractivity contribution is -0.118. The predicted molar refractivity (Wildman–Crippen MR) is 112 cm³/mol. The van der Waals surface area contributed by atoms with Crippen LogP contribution >= 0.6 is 0 Å². The highest BCUT2D eigenvalue weighted by Gasteiger charge is 2.33. The summed E-state index contributed by atoms with van der Waals surface area (Å²) in [5.41, 5.74) is 4.47. The molecule has 2 aromatic rings. The minimum absolute atomic E-state index is 0.0990. The molecule has 1 fully saturated rings. The third kappa shape index (κ3) is 3.40. The molecule has 0 spiro atoms. The fraction of sp³-hybridized carbons (Fsp3) is 0.435. The second kappa shape index (κ2) is 7.94. The second-order valence-electron chi connectivity index (χ2n) is 7.81. The van der Waals surface area contributed by atoms with E-state index in [4.69, 9.17) is 4.74 Å². The SMILES string of the molecule is COc1cc2c(cc1CNC1CCCNC1c1ccccc1)[C@@H](C)C(=O)N2C. The molecule has 2 N–H and O–H groups in total. The molecule has 0 aromatic heterocycles. The van der Waals surface area contributed by atoms with Crippen molar-refractivity contribution in [1.29, 1.82) is 0 Å². The topological polar surface area (TPSA) is 53.6 Å². The highest BCUT2D eigenvalue weighted by molar-refractivity contribution is 6.04. The van der Waals surface area contributed by atoms with Crippen LogP contribution in [0, 0.1) is 0 Å². The third-order valence-electron chi connectivity index (χ3n) is 6.13. The Balaban J connectivity index is 1.55. The molecule has 0 saturated carbocycles. The summed E-state index contributed by atoms with van der Waals surface area (Å²) in [6.45, 7) is 3.74. The number of carbonyl (C=O) groups is 1. The van der Waals surface area contributed by atoms with Crippen molar-refractivity contribution in [2.75, 3.05) is 25.6 Å². The molecule has 0 bridgehead atoms. The Morgan fingerprint density at radius 2 is 2.04 bits per heavy atom. The fourth-order valence-electron chi connectivity index (χ4n) is 4.50. The van der Waals surface area contributed by atoms with Crippen molar-refractivity contribution >= 4 is 11.6 Å². The number of fused-ring (bicyclic) bond motifs is 1. The number of likely N-dealkylation sites (N-methyl/N-ethyl adjacent to an activating group) is 1. The van der Waals surface area contributed by atoms with Crippen molar-refractivity contribution in [2.24, 2.45) is 0 Å². The van der Waals surface area contributed by atoms with Gasteiger partial charge in [0.1, 0.15) is 5.75 Å². The molecule has 1 amide bonds. The number of nitrogens with zero attached hydrogens (tertiary/aromatic N) is 1. The van der Waals surface area contributed by atoms with E-state index in [1.165, 1.54) is 12.0 Å². The van der Waals surface area contributed by atoms with Gasteiger partial charge in [-0.15, -0.1) is 0 Å². The fourth-order valence-corrected chi connectivity index (χ4v) is 4.50. The molecule has 5 nitrogen and oxygen atoms in total. The Labute approximate surface area is 167 Å². The first kappa shape index (κ1) is 19.0. The normalized spacial score (nSPS) is 24.3. The van der Waals surface area contributed by atoms with Crippen LogP contribution in [0.4, 0.5) is 5.69 Å². The molecule has 3 atom stereocenters. The highest BCUT2D eigenvalue weighted by Crippen LogP contribution is 2.40. The van der Waals surface area contributed by atoms with Crippen LogP contribution in [-0.4, -0.2) is 32.7 Å². The minimum Gasteiger partial charge on any atom is -0.496 e. The molecule has 4 rings (SSSR count). The van der Waals surface area contributed by atoms with Crippen LogP contribution in [-0.2, 0) is 11.3 Å². The van der Waals surface area contributed by atoms with Crippen molar-refractivity contribution in [3.8, 4) is 5.75 Å². The van der Waals surface area contributed by atoms with E-state index < -0.39 is 0 Å². The molecule has 0 aliphatic carbocycles. The van der Waals surface area contributed by atoms with Gasteiger partial charge in [0.15, 0.2) is 0 Å². The number of carbonyl (C=O) groups excluding carboxylic acids is 1. The van der Waals surface area contributed by atoms with Crippen LogP contribution in [0.1, 0.15) is 48.4 Å². The van der Waals surface area contributed by atoms with E-state index in [2.05, 4.69) is 47.0 Å². The van der Waals surface area contributed by atoms with E-state index in [1.807, 2.05) is 20.0 Å². The van der Waals surface area contributed by atoms with E-state index >= 15 is 0 Å². The monoisotopic (exact) mass is 379 g/mol. The zero-order chi connectivity index (χ0) is 19.7. The standard InChI is InChI=1S/C23H29N3O2/c1-15-18-12-17(21(28-3)13-20(18)26(2)23(15)27)14-25-19-10-7-11-24-22(19)16-8-5-4-6-9-16/h4-6,8-9,12-13,15,19,22,24-25H,7,10-11,14H2,1-3H3/t15-,19?,22?/m1/s1. The number of piperidine rings is 1. The van der Waals surface area contributed by atoms with Gasteiger partial charge in [-0.1, -0.05) is 30.3 Å². The van der Waals surface area contributed by atoms with Gasteiger partial charge in [-0.25, -0.2) is 0 Å². The smallest absolute Gasteiger partial charge is 0.234 e. The van der Waals surface area contributed by atoms with E-state index in [1.54, 1.807) is 12.0 Å². The van der Waals surface area contributed by atoms with Crippen molar-refractivity contribution in [1.82, 2.24) is 10.6 Å².